The number of hydrogen-bond acceptors (Lipinski definition) is 4. The highest BCUT2D eigenvalue weighted by Gasteiger charge is 2.28. The predicted octanol–water partition coefficient (Wildman–Crippen LogP) is 1.56. The molecule has 0 saturated carbocycles. The Bertz CT molecular complexity index is 690. The number of aromatic carboxylic acids is 1. The minimum absolute atomic E-state index is 0.00408. The molecule has 0 radical (unpaired) electrons. The fourth-order valence-electron chi connectivity index (χ4n) is 2.25. The molecule has 0 fully saturated rings. The van der Waals surface area contributed by atoms with Crippen molar-refractivity contribution in [3.8, 4) is 11.3 Å². The third kappa shape index (κ3) is 1.69. The lowest BCUT2D eigenvalue weighted by Gasteiger charge is -2.13. The van der Waals surface area contributed by atoms with Gasteiger partial charge in [-0.05, 0) is 5.56 Å². The maximum absolute atomic E-state index is 11.7. The number of rotatable bonds is 2. The molecule has 0 aliphatic carbocycles. The molecule has 1 N–H and O–H groups in total. The number of carbonyl (C=O) groups is 2. The van der Waals surface area contributed by atoms with Crippen LogP contribution in [0.5, 0.6) is 0 Å². The highest BCUT2D eigenvalue weighted by molar-refractivity contribution is 6.05. The van der Waals surface area contributed by atoms with Crippen molar-refractivity contribution in [2.75, 3.05) is 11.9 Å². The van der Waals surface area contributed by atoms with Crippen LogP contribution >= 0.6 is 0 Å². The molecule has 0 unspecified atom stereocenters. The summed E-state index contributed by atoms with van der Waals surface area (Å²) in [7, 11) is 1.69. The molecular weight excluding hydrogens is 248 g/mol. The van der Waals surface area contributed by atoms with Gasteiger partial charge < -0.3 is 14.5 Å². The number of aromatic nitrogens is 1. The van der Waals surface area contributed by atoms with Gasteiger partial charge >= 0.3 is 5.97 Å². The van der Waals surface area contributed by atoms with Gasteiger partial charge in [0.15, 0.2) is 0 Å². The maximum Gasteiger partial charge on any atom is 0.374 e. The van der Waals surface area contributed by atoms with E-state index in [0.717, 1.165) is 11.3 Å². The normalized spacial score (nSPS) is 13.7. The number of carboxylic acid groups (broad SMARTS) is 1. The van der Waals surface area contributed by atoms with E-state index in [9.17, 15) is 9.59 Å². The Morgan fingerprint density at radius 3 is 2.95 bits per heavy atom. The summed E-state index contributed by atoms with van der Waals surface area (Å²) < 4.78 is 4.75. The first kappa shape index (κ1) is 11.5. The van der Waals surface area contributed by atoms with E-state index in [1.165, 1.54) is 6.07 Å². The minimum atomic E-state index is -1.17. The van der Waals surface area contributed by atoms with E-state index >= 15 is 0 Å². The topological polar surface area (TPSA) is 83.6 Å². The summed E-state index contributed by atoms with van der Waals surface area (Å²) >= 11 is 0. The lowest BCUT2D eigenvalue weighted by atomic mass is 10.0. The first-order valence-electron chi connectivity index (χ1n) is 5.67. The van der Waals surface area contributed by atoms with Gasteiger partial charge in [-0.25, -0.2) is 4.79 Å². The van der Waals surface area contributed by atoms with Crippen molar-refractivity contribution in [1.29, 1.82) is 0 Å². The summed E-state index contributed by atoms with van der Waals surface area (Å²) in [6.07, 6.45) is 0.351. The van der Waals surface area contributed by atoms with Gasteiger partial charge in [-0.1, -0.05) is 23.4 Å². The Hall–Kier alpha value is -2.63. The second-order valence-corrected chi connectivity index (χ2v) is 4.32. The molecule has 1 aliphatic heterocycles. The summed E-state index contributed by atoms with van der Waals surface area (Å²) in [5, 5.41) is 12.6. The third-order valence-corrected chi connectivity index (χ3v) is 3.17. The molecule has 1 amide bonds. The lowest BCUT2D eigenvalue weighted by molar-refractivity contribution is -0.117. The number of likely N-dealkylation sites (N-methyl/N-ethyl adjacent to an activating group) is 1. The number of carbonyl (C=O) groups excluding carboxylic acids is 1. The number of para-hydroxylation sites is 1. The van der Waals surface area contributed by atoms with Crippen molar-refractivity contribution in [3.05, 3.63) is 35.6 Å². The number of hydrogen-bond donors (Lipinski definition) is 1. The average molecular weight is 258 g/mol. The van der Waals surface area contributed by atoms with Crippen LogP contribution in [0.3, 0.4) is 0 Å². The zero-order valence-corrected chi connectivity index (χ0v) is 10.1. The molecule has 96 valence electrons. The van der Waals surface area contributed by atoms with Crippen LogP contribution in [0, 0.1) is 0 Å². The fraction of sp³-hybridized carbons (Fsp3) is 0.154. The van der Waals surface area contributed by atoms with Crippen molar-refractivity contribution < 1.29 is 19.2 Å². The molecule has 0 atom stereocenters. The number of fused-ring (bicyclic) bond motifs is 1. The van der Waals surface area contributed by atoms with Gasteiger partial charge in [-0.15, -0.1) is 0 Å². The summed E-state index contributed by atoms with van der Waals surface area (Å²) in [6, 6.07) is 6.83. The fourth-order valence-corrected chi connectivity index (χ4v) is 2.25. The number of anilines is 1. The predicted molar refractivity (Wildman–Crippen MR) is 66.0 cm³/mol. The minimum Gasteiger partial charge on any atom is -0.475 e. The van der Waals surface area contributed by atoms with E-state index < -0.39 is 5.97 Å². The van der Waals surface area contributed by atoms with Crippen LogP contribution in [0.25, 0.3) is 11.3 Å². The van der Waals surface area contributed by atoms with Crippen LogP contribution in [0.1, 0.15) is 16.1 Å². The summed E-state index contributed by atoms with van der Waals surface area (Å²) in [6.45, 7) is 0. The van der Waals surface area contributed by atoms with Crippen LogP contribution < -0.4 is 4.90 Å². The first-order valence-corrected chi connectivity index (χ1v) is 5.67. The number of carboxylic acids is 1. The van der Waals surface area contributed by atoms with E-state index in [1.807, 2.05) is 12.1 Å². The molecule has 6 nitrogen and oxygen atoms in total. The second-order valence-electron chi connectivity index (χ2n) is 4.32. The van der Waals surface area contributed by atoms with Crippen molar-refractivity contribution in [2.24, 2.45) is 0 Å². The van der Waals surface area contributed by atoms with Gasteiger partial charge in [0, 0.05) is 18.7 Å². The van der Waals surface area contributed by atoms with E-state index in [4.69, 9.17) is 9.63 Å². The van der Waals surface area contributed by atoms with Gasteiger partial charge in [0.25, 0.3) is 0 Å². The number of benzene rings is 1. The molecule has 0 saturated heterocycles. The molecule has 0 spiro atoms. The zero-order valence-electron chi connectivity index (χ0n) is 10.1. The molecule has 1 aromatic carbocycles. The molecule has 2 aromatic rings. The van der Waals surface area contributed by atoms with Crippen LogP contribution in [-0.4, -0.2) is 29.2 Å². The van der Waals surface area contributed by atoms with E-state index in [0.29, 0.717) is 17.7 Å². The van der Waals surface area contributed by atoms with E-state index in [-0.39, 0.29) is 11.7 Å². The molecule has 6 heteroatoms. The van der Waals surface area contributed by atoms with Crippen molar-refractivity contribution in [3.63, 3.8) is 0 Å². The SMILES string of the molecule is CN1C(=O)Cc2cccc(-c3cc(C(=O)O)on3)c21. The number of amides is 1. The van der Waals surface area contributed by atoms with E-state index in [2.05, 4.69) is 5.16 Å². The van der Waals surface area contributed by atoms with Crippen LogP contribution in [0.4, 0.5) is 5.69 Å². The lowest BCUT2D eigenvalue weighted by Crippen LogP contribution is -2.21. The van der Waals surface area contributed by atoms with Gasteiger partial charge in [0.1, 0.15) is 5.69 Å². The van der Waals surface area contributed by atoms with Crippen LogP contribution in [-0.2, 0) is 11.2 Å². The van der Waals surface area contributed by atoms with Crippen molar-refractivity contribution >= 4 is 17.6 Å². The molecule has 3 rings (SSSR count). The molecule has 0 bridgehead atoms. The smallest absolute Gasteiger partial charge is 0.374 e. The molecule has 1 aromatic heterocycles. The summed E-state index contributed by atoms with van der Waals surface area (Å²) in [4.78, 5) is 24.1. The van der Waals surface area contributed by atoms with Crippen molar-refractivity contribution in [1.82, 2.24) is 5.16 Å². The summed E-state index contributed by atoms with van der Waals surface area (Å²) in [5.41, 5.74) is 2.78. The summed E-state index contributed by atoms with van der Waals surface area (Å²) in [5.74, 6) is -1.39. The quantitative estimate of drug-likeness (QED) is 0.883. The van der Waals surface area contributed by atoms with Gasteiger partial charge in [-0.2, -0.15) is 0 Å². The molecule has 19 heavy (non-hydrogen) atoms. The molecular formula is C13H10N2O4. The van der Waals surface area contributed by atoms with Gasteiger partial charge in [0.2, 0.25) is 11.7 Å². The van der Waals surface area contributed by atoms with Crippen LogP contribution in [0.2, 0.25) is 0 Å². The average Bonchev–Trinajstić information content (AvgIpc) is 2.96. The molecule has 1 aliphatic rings. The Morgan fingerprint density at radius 1 is 1.47 bits per heavy atom. The second kappa shape index (κ2) is 3.94. The Balaban J connectivity index is 2.14. The number of nitrogens with zero attached hydrogens (tertiary/aromatic N) is 2. The van der Waals surface area contributed by atoms with Gasteiger partial charge in [0.05, 0.1) is 12.1 Å². The van der Waals surface area contributed by atoms with E-state index in [1.54, 1.807) is 18.0 Å². The Kier molecular flexibility index (Phi) is 2.38. The molecule has 2 heterocycles. The highest BCUT2D eigenvalue weighted by atomic mass is 16.5. The monoisotopic (exact) mass is 258 g/mol. The van der Waals surface area contributed by atoms with Gasteiger partial charge in [-0.3, -0.25) is 4.79 Å². The Labute approximate surface area is 108 Å². The third-order valence-electron chi connectivity index (χ3n) is 3.17. The zero-order chi connectivity index (χ0) is 13.6. The van der Waals surface area contributed by atoms with Crippen LogP contribution in [0.15, 0.2) is 28.8 Å². The first-order chi connectivity index (χ1) is 9.08. The Morgan fingerprint density at radius 2 is 2.26 bits per heavy atom. The largest absolute Gasteiger partial charge is 0.475 e. The van der Waals surface area contributed by atoms with Crippen molar-refractivity contribution in [2.45, 2.75) is 6.42 Å². The maximum atomic E-state index is 11.7. The highest BCUT2D eigenvalue weighted by Crippen LogP contribution is 2.37. The standard InChI is InChI=1S/C13H10N2O4/c1-15-11(16)5-7-3-2-4-8(12(7)15)9-6-10(13(17)18)19-14-9/h2-4,6H,5H2,1H3,(H,17,18).